The van der Waals surface area contributed by atoms with Gasteiger partial charge in [-0.3, -0.25) is 0 Å². The van der Waals surface area contributed by atoms with Gasteiger partial charge in [0.15, 0.2) is 5.13 Å². The molecule has 22 heavy (non-hydrogen) atoms. The topological polar surface area (TPSA) is 34.1 Å². The summed E-state index contributed by atoms with van der Waals surface area (Å²) >= 11 is 1.61. The first kappa shape index (κ1) is 14.6. The predicted octanol–water partition coefficient (Wildman–Crippen LogP) is 4.99. The SMILES string of the molecule is COc1ccccc1-c1csc(N[C@H](C)c2ccccc2)n1. The van der Waals surface area contributed by atoms with Crippen molar-refractivity contribution in [2.24, 2.45) is 0 Å². The molecule has 4 heteroatoms. The molecule has 0 saturated heterocycles. The summed E-state index contributed by atoms with van der Waals surface area (Å²) in [6.45, 7) is 2.14. The van der Waals surface area contributed by atoms with Crippen molar-refractivity contribution in [1.82, 2.24) is 4.98 Å². The number of thiazole rings is 1. The third kappa shape index (κ3) is 3.12. The third-order valence-corrected chi connectivity index (χ3v) is 4.30. The van der Waals surface area contributed by atoms with E-state index in [1.165, 1.54) is 5.56 Å². The molecule has 0 spiro atoms. The maximum absolute atomic E-state index is 5.40. The van der Waals surface area contributed by atoms with Crippen LogP contribution >= 0.6 is 11.3 Å². The number of nitrogens with zero attached hydrogens (tertiary/aromatic N) is 1. The lowest BCUT2D eigenvalue weighted by Gasteiger charge is -2.12. The molecule has 0 aliphatic carbocycles. The fourth-order valence-corrected chi connectivity index (χ4v) is 3.13. The average Bonchev–Trinajstić information content (AvgIpc) is 3.04. The summed E-state index contributed by atoms with van der Waals surface area (Å²) in [6, 6.07) is 18.5. The second-order valence-corrected chi connectivity index (χ2v) is 5.87. The van der Waals surface area contributed by atoms with Gasteiger partial charge in [-0.15, -0.1) is 11.3 Å². The monoisotopic (exact) mass is 310 g/mol. The van der Waals surface area contributed by atoms with Crippen molar-refractivity contribution in [3.8, 4) is 17.0 Å². The third-order valence-electron chi connectivity index (χ3n) is 3.53. The molecular formula is C18H18N2OS. The lowest BCUT2D eigenvalue weighted by Crippen LogP contribution is -2.05. The highest BCUT2D eigenvalue weighted by molar-refractivity contribution is 7.14. The zero-order valence-corrected chi connectivity index (χ0v) is 13.4. The van der Waals surface area contributed by atoms with Gasteiger partial charge in [0.1, 0.15) is 5.75 Å². The normalized spacial score (nSPS) is 11.9. The Morgan fingerprint density at radius 3 is 2.55 bits per heavy atom. The Labute approximate surface area is 134 Å². The van der Waals surface area contributed by atoms with E-state index in [1.54, 1.807) is 18.4 Å². The van der Waals surface area contributed by atoms with Crippen LogP contribution in [0.4, 0.5) is 5.13 Å². The molecule has 0 amide bonds. The molecule has 1 aromatic heterocycles. The Bertz CT molecular complexity index is 740. The van der Waals surface area contributed by atoms with Crippen LogP contribution in [0.1, 0.15) is 18.5 Å². The van der Waals surface area contributed by atoms with E-state index in [9.17, 15) is 0 Å². The number of nitrogens with one attached hydrogen (secondary N) is 1. The van der Waals surface area contributed by atoms with E-state index < -0.39 is 0 Å². The summed E-state index contributed by atoms with van der Waals surface area (Å²) in [6.07, 6.45) is 0. The Balaban J connectivity index is 1.79. The molecule has 1 N–H and O–H groups in total. The molecule has 3 rings (SSSR count). The number of anilines is 1. The molecule has 2 aromatic carbocycles. The van der Waals surface area contributed by atoms with Crippen LogP contribution in [0, 0.1) is 0 Å². The predicted molar refractivity (Wildman–Crippen MR) is 92.6 cm³/mol. The van der Waals surface area contributed by atoms with E-state index in [2.05, 4.69) is 46.9 Å². The van der Waals surface area contributed by atoms with Crippen molar-refractivity contribution < 1.29 is 4.74 Å². The van der Waals surface area contributed by atoms with Crippen LogP contribution in [0.5, 0.6) is 5.75 Å². The Morgan fingerprint density at radius 2 is 1.77 bits per heavy atom. The minimum atomic E-state index is 0.220. The highest BCUT2D eigenvalue weighted by Crippen LogP contribution is 2.32. The molecule has 0 bridgehead atoms. The first-order valence-corrected chi connectivity index (χ1v) is 8.06. The molecule has 1 atom stereocenters. The molecule has 3 nitrogen and oxygen atoms in total. The quantitative estimate of drug-likeness (QED) is 0.720. The molecular weight excluding hydrogens is 292 g/mol. The van der Waals surface area contributed by atoms with Gasteiger partial charge in [0, 0.05) is 10.9 Å². The summed E-state index contributed by atoms with van der Waals surface area (Å²) in [5.41, 5.74) is 3.20. The number of hydrogen-bond donors (Lipinski definition) is 1. The van der Waals surface area contributed by atoms with Crippen LogP contribution in [-0.4, -0.2) is 12.1 Å². The highest BCUT2D eigenvalue weighted by Gasteiger charge is 2.11. The van der Waals surface area contributed by atoms with Gasteiger partial charge in [-0.05, 0) is 24.6 Å². The van der Waals surface area contributed by atoms with Crippen LogP contribution in [-0.2, 0) is 0 Å². The molecule has 0 fully saturated rings. The number of ether oxygens (including phenoxy) is 1. The van der Waals surface area contributed by atoms with E-state index in [0.717, 1.165) is 22.1 Å². The number of rotatable bonds is 5. The van der Waals surface area contributed by atoms with Crippen molar-refractivity contribution in [3.05, 3.63) is 65.5 Å². The van der Waals surface area contributed by atoms with Crippen molar-refractivity contribution in [2.45, 2.75) is 13.0 Å². The molecule has 0 radical (unpaired) electrons. The smallest absolute Gasteiger partial charge is 0.183 e. The van der Waals surface area contributed by atoms with Crippen LogP contribution in [0.25, 0.3) is 11.3 Å². The van der Waals surface area contributed by atoms with Crippen LogP contribution < -0.4 is 10.1 Å². The number of benzene rings is 2. The van der Waals surface area contributed by atoms with Gasteiger partial charge in [-0.25, -0.2) is 4.98 Å². The van der Waals surface area contributed by atoms with Gasteiger partial charge >= 0.3 is 0 Å². The first-order chi connectivity index (χ1) is 10.8. The number of para-hydroxylation sites is 1. The standard InChI is InChI=1S/C18H18N2OS/c1-13(14-8-4-3-5-9-14)19-18-20-16(12-22-18)15-10-6-7-11-17(15)21-2/h3-13H,1-2H3,(H,19,20)/t13-/m1/s1. The summed E-state index contributed by atoms with van der Waals surface area (Å²) in [7, 11) is 1.68. The van der Waals surface area contributed by atoms with Gasteiger partial charge in [-0.2, -0.15) is 0 Å². The van der Waals surface area contributed by atoms with Crippen molar-refractivity contribution in [3.63, 3.8) is 0 Å². The molecule has 112 valence electrons. The van der Waals surface area contributed by atoms with Crippen molar-refractivity contribution >= 4 is 16.5 Å². The second kappa shape index (κ2) is 6.62. The van der Waals surface area contributed by atoms with Gasteiger partial charge < -0.3 is 10.1 Å². The molecule has 1 heterocycles. The van der Waals surface area contributed by atoms with Crippen LogP contribution in [0.2, 0.25) is 0 Å². The Hall–Kier alpha value is -2.33. The Kier molecular flexibility index (Phi) is 4.39. The van der Waals surface area contributed by atoms with Gasteiger partial charge in [0.25, 0.3) is 0 Å². The van der Waals surface area contributed by atoms with E-state index in [-0.39, 0.29) is 6.04 Å². The number of aromatic nitrogens is 1. The summed E-state index contributed by atoms with van der Waals surface area (Å²) in [5, 5.41) is 6.42. The van der Waals surface area contributed by atoms with Crippen molar-refractivity contribution in [1.29, 1.82) is 0 Å². The van der Waals surface area contributed by atoms with E-state index in [4.69, 9.17) is 4.74 Å². The van der Waals surface area contributed by atoms with Crippen LogP contribution in [0.3, 0.4) is 0 Å². The highest BCUT2D eigenvalue weighted by atomic mass is 32.1. The second-order valence-electron chi connectivity index (χ2n) is 5.01. The number of hydrogen-bond acceptors (Lipinski definition) is 4. The number of methoxy groups -OCH3 is 1. The van der Waals surface area contributed by atoms with Gasteiger partial charge in [0.05, 0.1) is 18.8 Å². The zero-order valence-electron chi connectivity index (χ0n) is 12.6. The lowest BCUT2D eigenvalue weighted by molar-refractivity contribution is 0.416. The van der Waals surface area contributed by atoms with Gasteiger partial charge in [-0.1, -0.05) is 42.5 Å². The van der Waals surface area contributed by atoms with Gasteiger partial charge in [0.2, 0.25) is 0 Å². The lowest BCUT2D eigenvalue weighted by atomic mass is 10.1. The van der Waals surface area contributed by atoms with Crippen molar-refractivity contribution in [2.75, 3.05) is 12.4 Å². The molecule has 0 saturated carbocycles. The van der Waals surface area contributed by atoms with E-state index >= 15 is 0 Å². The fourth-order valence-electron chi connectivity index (χ4n) is 2.33. The molecule has 0 aliphatic heterocycles. The molecule has 3 aromatic rings. The zero-order chi connectivity index (χ0) is 15.4. The summed E-state index contributed by atoms with van der Waals surface area (Å²) in [5.74, 6) is 0.843. The summed E-state index contributed by atoms with van der Waals surface area (Å²) < 4.78 is 5.40. The minimum absolute atomic E-state index is 0.220. The maximum Gasteiger partial charge on any atom is 0.183 e. The largest absolute Gasteiger partial charge is 0.496 e. The average molecular weight is 310 g/mol. The van der Waals surface area contributed by atoms with Crippen LogP contribution in [0.15, 0.2) is 60.0 Å². The summed E-state index contributed by atoms with van der Waals surface area (Å²) in [4.78, 5) is 4.68. The van der Waals surface area contributed by atoms with E-state index in [1.807, 2.05) is 30.3 Å². The first-order valence-electron chi connectivity index (χ1n) is 7.18. The minimum Gasteiger partial charge on any atom is -0.496 e. The Morgan fingerprint density at radius 1 is 1.05 bits per heavy atom. The van der Waals surface area contributed by atoms with E-state index in [0.29, 0.717) is 0 Å². The maximum atomic E-state index is 5.40. The fraction of sp³-hybridized carbons (Fsp3) is 0.167. The molecule has 0 aliphatic rings. The molecule has 0 unspecified atom stereocenters.